The van der Waals surface area contributed by atoms with Crippen molar-refractivity contribution in [2.75, 3.05) is 13.2 Å². The van der Waals surface area contributed by atoms with Crippen molar-refractivity contribution in [2.45, 2.75) is 45.1 Å². The van der Waals surface area contributed by atoms with Crippen molar-refractivity contribution in [3.63, 3.8) is 0 Å². The molecule has 2 rings (SSSR count). The number of ether oxygens (including phenoxy) is 1. The van der Waals surface area contributed by atoms with E-state index in [0.717, 1.165) is 25.0 Å². The van der Waals surface area contributed by atoms with Gasteiger partial charge in [0.25, 0.3) is 5.91 Å². The third-order valence-corrected chi connectivity index (χ3v) is 4.20. The van der Waals surface area contributed by atoms with Crippen LogP contribution in [-0.2, 0) is 4.79 Å². The minimum Gasteiger partial charge on any atom is -0.484 e. The SMILES string of the molecule is CC(C)c1cccc(OCC(=O)NC2CCCC2CN)c1. The number of benzene rings is 1. The Kier molecular flexibility index (Phi) is 5.62. The fourth-order valence-electron chi connectivity index (χ4n) is 2.87. The van der Waals surface area contributed by atoms with Gasteiger partial charge in [-0.05, 0) is 48.9 Å². The minimum absolute atomic E-state index is 0.0599. The highest BCUT2D eigenvalue weighted by Crippen LogP contribution is 2.24. The average molecular weight is 290 g/mol. The van der Waals surface area contributed by atoms with Gasteiger partial charge in [-0.2, -0.15) is 0 Å². The van der Waals surface area contributed by atoms with Crippen LogP contribution < -0.4 is 15.8 Å². The van der Waals surface area contributed by atoms with Gasteiger partial charge in [-0.25, -0.2) is 0 Å². The molecule has 0 aliphatic heterocycles. The minimum atomic E-state index is -0.0599. The maximum Gasteiger partial charge on any atom is 0.258 e. The Morgan fingerprint density at radius 1 is 1.43 bits per heavy atom. The highest BCUT2D eigenvalue weighted by atomic mass is 16.5. The van der Waals surface area contributed by atoms with Gasteiger partial charge in [0.05, 0.1) is 0 Å². The number of carbonyl (C=O) groups is 1. The normalized spacial score (nSPS) is 21.5. The molecule has 0 aromatic heterocycles. The van der Waals surface area contributed by atoms with Crippen molar-refractivity contribution >= 4 is 5.91 Å². The number of amides is 1. The van der Waals surface area contributed by atoms with E-state index in [1.165, 1.54) is 5.56 Å². The summed E-state index contributed by atoms with van der Waals surface area (Å²) in [6.07, 6.45) is 3.28. The lowest BCUT2D eigenvalue weighted by molar-refractivity contribution is -0.124. The smallest absolute Gasteiger partial charge is 0.258 e. The summed E-state index contributed by atoms with van der Waals surface area (Å²) < 4.78 is 5.59. The first-order chi connectivity index (χ1) is 10.1. The largest absolute Gasteiger partial charge is 0.484 e. The van der Waals surface area contributed by atoms with Crippen LogP contribution in [0.5, 0.6) is 5.75 Å². The Bertz CT molecular complexity index is 474. The third-order valence-electron chi connectivity index (χ3n) is 4.20. The van der Waals surface area contributed by atoms with E-state index in [-0.39, 0.29) is 18.6 Å². The van der Waals surface area contributed by atoms with Crippen LogP contribution in [0.25, 0.3) is 0 Å². The molecule has 3 N–H and O–H groups in total. The molecule has 0 saturated heterocycles. The molecule has 1 aliphatic carbocycles. The van der Waals surface area contributed by atoms with Crippen LogP contribution in [0.2, 0.25) is 0 Å². The fourth-order valence-corrected chi connectivity index (χ4v) is 2.87. The highest BCUT2D eigenvalue weighted by Gasteiger charge is 2.27. The van der Waals surface area contributed by atoms with Gasteiger partial charge < -0.3 is 15.8 Å². The van der Waals surface area contributed by atoms with Crippen LogP contribution in [-0.4, -0.2) is 25.1 Å². The summed E-state index contributed by atoms with van der Waals surface area (Å²) in [7, 11) is 0. The molecular formula is C17H26N2O2. The molecule has 0 spiro atoms. The van der Waals surface area contributed by atoms with Gasteiger partial charge >= 0.3 is 0 Å². The molecule has 0 radical (unpaired) electrons. The second-order valence-electron chi connectivity index (χ2n) is 6.12. The second kappa shape index (κ2) is 7.46. The van der Waals surface area contributed by atoms with Crippen LogP contribution >= 0.6 is 0 Å². The van der Waals surface area contributed by atoms with Crippen molar-refractivity contribution in [3.8, 4) is 5.75 Å². The predicted molar refractivity (Wildman–Crippen MR) is 84.4 cm³/mol. The number of carbonyl (C=O) groups excluding carboxylic acids is 1. The van der Waals surface area contributed by atoms with Crippen molar-refractivity contribution in [2.24, 2.45) is 11.7 Å². The van der Waals surface area contributed by atoms with Gasteiger partial charge in [-0.15, -0.1) is 0 Å². The molecule has 1 fully saturated rings. The van der Waals surface area contributed by atoms with E-state index in [4.69, 9.17) is 10.5 Å². The predicted octanol–water partition coefficient (Wildman–Crippen LogP) is 2.43. The molecule has 2 unspecified atom stereocenters. The van der Waals surface area contributed by atoms with Crippen LogP contribution in [0.3, 0.4) is 0 Å². The van der Waals surface area contributed by atoms with Crippen molar-refractivity contribution < 1.29 is 9.53 Å². The highest BCUT2D eigenvalue weighted by molar-refractivity contribution is 5.77. The molecule has 0 heterocycles. The third kappa shape index (κ3) is 4.46. The number of nitrogens with two attached hydrogens (primary N) is 1. The molecule has 2 atom stereocenters. The Hall–Kier alpha value is -1.55. The maximum absolute atomic E-state index is 12.0. The Morgan fingerprint density at radius 3 is 2.95 bits per heavy atom. The van der Waals surface area contributed by atoms with Crippen LogP contribution in [0.1, 0.15) is 44.6 Å². The van der Waals surface area contributed by atoms with Crippen molar-refractivity contribution in [1.82, 2.24) is 5.32 Å². The number of hydrogen-bond donors (Lipinski definition) is 2. The quantitative estimate of drug-likeness (QED) is 0.845. The Balaban J connectivity index is 1.82. The topological polar surface area (TPSA) is 64.3 Å². The standard InChI is InChI=1S/C17H26N2O2/c1-12(2)13-5-3-7-15(9-13)21-11-17(20)19-16-8-4-6-14(16)10-18/h3,5,7,9,12,14,16H,4,6,8,10-11,18H2,1-2H3,(H,19,20). The zero-order valence-corrected chi connectivity index (χ0v) is 13.0. The Labute approximate surface area is 127 Å². The summed E-state index contributed by atoms with van der Waals surface area (Å²) in [5, 5.41) is 3.04. The molecular weight excluding hydrogens is 264 g/mol. The molecule has 1 amide bonds. The van der Waals surface area contributed by atoms with Gasteiger partial charge in [0, 0.05) is 6.04 Å². The van der Waals surface area contributed by atoms with E-state index in [2.05, 4.69) is 25.2 Å². The summed E-state index contributed by atoms with van der Waals surface area (Å²) in [4.78, 5) is 12.0. The first-order valence-corrected chi connectivity index (χ1v) is 7.82. The fraction of sp³-hybridized carbons (Fsp3) is 0.588. The monoisotopic (exact) mass is 290 g/mol. The lowest BCUT2D eigenvalue weighted by Gasteiger charge is -2.19. The molecule has 1 aromatic carbocycles. The zero-order chi connectivity index (χ0) is 15.2. The molecule has 116 valence electrons. The maximum atomic E-state index is 12.0. The molecule has 1 aromatic rings. The van der Waals surface area contributed by atoms with Gasteiger partial charge in [0.1, 0.15) is 5.75 Å². The molecule has 4 nitrogen and oxygen atoms in total. The van der Waals surface area contributed by atoms with E-state index < -0.39 is 0 Å². The van der Waals surface area contributed by atoms with Crippen LogP contribution in [0.4, 0.5) is 0 Å². The average Bonchev–Trinajstić information content (AvgIpc) is 2.92. The molecule has 4 heteroatoms. The van der Waals surface area contributed by atoms with E-state index in [1.54, 1.807) is 0 Å². The summed E-state index contributed by atoms with van der Waals surface area (Å²) in [5.41, 5.74) is 6.94. The van der Waals surface area contributed by atoms with E-state index >= 15 is 0 Å². The van der Waals surface area contributed by atoms with Gasteiger partial charge in [-0.1, -0.05) is 32.4 Å². The molecule has 0 bridgehead atoms. The molecule has 1 aliphatic rings. The number of rotatable bonds is 6. The van der Waals surface area contributed by atoms with Crippen molar-refractivity contribution in [3.05, 3.63) is 29.8 Å². The summed E-state index contributed by atoms with van der Waals surface area (Å²) in [5.74, 6) is 1.55. The number of hydrogen-bond acceptors (Lipinski definition) is 3. The first kappa shape index (κ1) is 15.8. The zero-order valence-electron chi connectivity index (χ0n) is 13.0. The summed E-state index contributed by atoms with van der Waals surface area (Å²) in [6, 6.07) is 8.13. The van der Waals surface area contributed by atoms with E-state index in [0.29, 0.717) is 18.4 Å². The van der Waals surface area contributed by atoms with E-state index in [1.807, 2.05) is 18.2 Å². The summed E-state index contributed by atoms with van der Waals surface area (Å²) >= 11 is 0. The van der Waals surface area contributed by atoms with Gasteiger partial charge in [0.15, 0.2) is 6.61 Å². The lowest BCUT2D eigenvalue weighted by atomic mass is 10.0. The number of nitrogens with one attached hydrogen (secondary N) is 1. The second-order valence-corrected chi connectivity index (χ2v) is 6.12. The molecule has 21 heavy (non-hydrogen) atoms. The van der Waals surface area contributed by atoms with Gasteiger partial charge in [-0.3, -0.25) is 4.79 Å². The van der Waals surface area contributed by atoms with Crippen molar-refractivity contribution in [1.29, 1.82) is 0 Å². The summed E-state index contributed by atoms with van der Waals surface area (Å²) in [6.45, 7) is 4.98. The first-order valence-electron chi connectivity index (χ1n) is 7.82. The Morgan fingerprint density at radius 2 is 2.24 bits per heavy atom. The van der Waals surface area contributed by atoms with E-state index in [9.17, 15) is 4.79 Å². The van der Waals surface area contributed by atoms with Crippen LogP contribution in [0, 0.1) is 5.92 Å². The molecule has 1 saturated carbocycles. The lowest BCUT2D eigenvalue weighted by Crippen LogP contribution is -2.42. The van der Waals surface area contributed by atoms with Gasteiger partial charge in [0.2, 0.25) is 0 Å². The van der Waals surface area contributed by atoms with Crippen LogP contribution in [0.15, 0.2) is 24.3 Å².